The van der Waals surface area contributed by atoms with Gasteiger partial charge in [0, 0.05) is 44.8 Å². The summed E-state index contributed by atoms with van der Waals surface area (Å²) in [6.07, 6.45) is 12.0. The van der Waals surface area contributed by atoms with Gasteiger partial charge in [0.15, 0.2) is 11.5 Å². The van der Waals surface area contributed by atoms with Crippen molar-refractivity contribution in [2.75, 3.05) is 43.9 Å². The summed E-state index contributed by atoms with van der Waals surface area (Å²) in [7, 11) is 3.60. The average Bonchev–Trinajstić information content (AvgIpc) is 3.50. The van der Waals surface area contributed by atoms with Crippen LogP contribution in [0.3, 0.4) is 0 Å². The molecular formula is C31H45N7O2. The van der Waals surface area contributed by atoms with Crippen LogP contribution in [-0.2, 0) is 4.79 Å². The molecule has 3 heterocycles. The van der Waals surface area contributed by atoms with E-state index in [4.69, 9.17) is 10.7 Å². The predicted molar refractivity (Wildman–Crippen MR) is 159 cm³/mol. The van der Waals surface area contributed by atoms with Gasteiger partial charge in [-0.2, -0.15) is 0 Å². The van der Waals surface area contributed by atoms with E-state index in [1.807, 2.05) is 0 Å². The topological polar surface area (TPSA) is 108 Å². The van der Waals surface area contributed by atoms with Crippen LogP contribution in [0.2, 0.25) is 0 Å². The molecule has 3 N–H and O–H groups in total. The summed E-state index contributed by atoms with van der Waals surface area (Å²) in [5.74, 6) is 1.39. The number of nitrogens with one attached hydrogen (secondary N) is 1. The van der Waals surface area contributed by atoms with Crippen molar-refractivity contribution in [2.24, 2.45) is 11.7 Å². The van der Waals surface area contributed by atoms with Crippen LogP contribution in [0, 0.1) is 5.92 Å². The molecule has 9 nitrogen and oxygen atoms in total. The van der Waals surface area contributed by atoms with Gasteiger partial charge in [0.05, 0.1) is 6.20 Å². The maximum atomic E-state index is 12.4. The first-order chi connectivity index (χ1) is 19.3. The number of carbonyl (C=O) groups is 2. The third-order valence-corrected chi connectivity index (χ3v) is 9.39. The maximum Gasteiger partial charge on any atom is 0.271 e. The number of primary amides is 1. The van der Waals surface area contributed by atoms with Crippen molar-refractivity contribution < 1.29 is 9.59 Å². The highest BCUT2D eigenvalue weighted by Gasteiger charge is 2.32. The van der Waals surface area contributed by atoms with Gasteiger partial charge < -0.3 is 25.8 Å². The first-order valence-electron chi connectivity index (χ1n) is 15.0. The molecule has 0 bridgehead atoms. The van der Waals surface area contributed by atoms with Crippen molar-refractivity contribution >= 4 is 29.1 Å². The van der Waals surface area contributed by atoms with Crippen molar-refractivity contribution in [3.63, 3.8) is 0 Å². The van der Waals surface area contributed by atoms with Crippen LogP contribution in [0.15, 0.2) is 30.5 Å². The van der Waals surface area contributed by atoms with Gasteiger partial charge in [-0.15, -0.1) is 0 Å². The summed E-state index contributed by atoms with van der Waals surface area (Å²) in [6.45, 7) is 5.35. The molecule has 2 aromatic rings. The van der Waals surface area contributed by atoms with E-state index in [2.05, 4.69) is 51.3 Å². The molecule has 216 valence electrons. The Morgan fingerprint density at radius 2 is 1.70 bits per heavy atom. The Labute approximate surface area is 238 Å². The summed E-state index contributed by atoms with van der Waals surface area (Å²) in [6, 6.07) is 9.44. The molecule has 3 fully saturated rings. The standard InChI is InChI=1S/C31H45N7O2/c1-21-24(19-28(39)36(2)3)7-6-16-38(21)27-20-33-29(30(32)40)31(35-27)34-25-12-10-22(11-13-25)23-14-17-37(18-15-23)26-8-4-5-9-26/h10-13,20-21,23-24,26H,4-9,14-19H2,1-3H3,(H2,32,40)(H,34,35)/t21-,24-/m0/s1. The molecule has 0 radical (unpaired) electrons. The fourth-order valence-corrected chi connectivity index (χ4v) is 6.85. The van der Waals surface area contributed by atoms with Crippen molar-refractivity contribution in [3.8, 4) is 0 Å². The minimum atomic E-state index is -0.617. The van der Waals surface area contributed by atoms with Crippen LogP contribution < -0.4 is 16.0 Å². The van der Waals surface area contributed by atoms with E-state index in [1.54, 1.807) is 25.2 Å². The molecule has 3 aliphatic rings. The fourth-order valence-electron chi connectivity index (χ4n) is 6.85. The van der Waals surface area contributed by atoms with Crippen LogP contribution in [0.1, 0.15) is 86.7 Å². The lowest BCUT2D eigenvalue weighted by Crippen LogP contribution is -2.45. The van der Waals surface area contributed by atoms with Gasteiger partial charge in [0.1, 0.15) is 5.82 Å². The number of anilines is 3. The van der Waals surface area contributed by atoms with Crippen LogP contribution in [0.25, 0.3) is 0 Å². The third kappa shape index (κ3) is 6.40. The normalized spacial score (nSPS) is 22.8. The Kier molecular flexibility index (Phi) is 8.88. The molecule has 1 aromatic heterocycles. The van der Waals surface area contributed by atoms with Crippen molar-refractivity contribution in [1.82, 2.24) is 19.8 Å². The van der Waals surface area contributed by atoms with E-state index in [1.165, 1.54) is 57.2 Å². The zero-order valence-electron chi connectivity index (χ0n) is 24.3. The van der Waals surface area contributed by atoms with Crippen molar-refractivity contribution in [1.29, 1.82) is 0 Å². The van der Waals surface area contributed by atoms with Gasteiger partial charge in [-0.25, -0.2) is 9.97 Å². The molecule has 2 aliphatic heterocycles. The first-order valence-corrected chi connectivity index (χ1v) is 15.0. The molecular weight excluding hydrogens is 502 g/mol. The van der Waals surface area contributed by atoms with E-state index in [0.717, 1.165) is 31.1 Å². The summed E-state index contributed by atoms with van der Waals surface area (Å²) in [5, 5.41) is 3.31. The molecule has 5 rings (SSSR count). The number of hydrogen-bond acceptors (Lipinski definition) is 7. The van der Waals surface area contributed by atoms with E-state index in [0.29, 0.717) is 24.0 Å². The second-order valence-electron chi connectivity index (χ2n) is 12.1. The second-order valence-corrected chi connectivity index (χ2v) is 12.1. The van der Waals surface area contributed by atoms with Crippen LogP contribution >= 0.6 is 0 Å². The Morgan fingerprint density at radius 3 is 2.35 bits per heavy atom. The highest BCUT2D eigenvalue weighted by Crippen LogP contribution is 2.34. The van der Waals surface area contributed by atoms with Gasteiger partial charge in [-0.05, 0) is 88.1 Å². The third-order valence-electron chi connectivity index (χ3n) is 9.39. The number of piperidine rings is 2. The molecule has 0 unspecified atom stereocenters. The molecule has 9 heteroatoms. The Bertz CT molecular complexity index is 1170. The van der Waals surface area contributed by atoms with Gasteiger partial charge in [-0.3, -0.25) is 9.59 Å². The Hall–Kier alpha value is -3.20. The maximum absolute atomic E-state index is 12.4. The molecule has 2 atom stereocenters. The number of amides is 2. The lowest BCUT2D eigenvalue weighted by Gasteiger charge is -2.40. The Balaban J connectivity index is 1.27. The average molecular weight is 548 g/mol. The van der Waals surface area contributed by atoms with E-state index < -0.39 is 5.91 Å². The monoisotopic (exact) mass is 547 g/mol. The number of likely N-dealkylation sites (tertiary alicyclic amines) is 1. The highest BCUT2D eigenvalue weighted by atomic mass is 16.2. The summed E-state index contributed by atoms with van der Waals surface area (Å²) < 4.78 is 0. The van der Waals surface area contributed by atoms with E-state index in [-0.39, 0.29) is 23.6 Å². The van der Waals surface area contributed by atoms with Crippen LogP contribution in [0.5, 0.6) is 0 Å². The van der Waals surface area contributed by atoms with E-state index >= 15 is 0 Å². The summed E-state index contributed by atoms with van der Waals surface area (Å²) >= 11 is 0. The number of hydrogen-bond donors (Lipinski definition) is 2. The van der Waals surface area contributed by atoms with Crippen molar-refractivity contribution in [2.45, 2.75) is 82.7 Å². The fraction of sp³-hybridized carbons (Fsp3) is 0.613. The minimum absolute atomic E-state index is 0.121. The predicted octanol–water partition coefficient (Wildman–Crippen LogP) is 4.52. The minimum Gasteiger partial charge on any atom is -0.364 e. The van der Waals surface area contributed by atoms with Gasteiger partial charge in [0.2, 0.25) is 5.91 Å². The number of aromatic nitrogens is 2. The van der Waals surface area contributed by atoms with Gasteiger partial charge in [-0.1, -0.05) is 25.0 Å². The number of rotatable bonds is 8. The SMILES string of the molecule is C[C@H]1[C@H](CC(=O)N(C)C)CCCN1c1cnc(C(N)=O)c(Nc2ccc(C3CCN(C4CCCC4)CC3)cc2)n1. The molecule has 2 saturated heterocycles. The van der Waals surface area contributed by atoms with Crippen LogP contribution in [-0.4, -0.2) is 77.4 Å². The molecule has 1 saturated carbocycles. The first kappa shape index (κ1) is 28.3. The summed E-state index contributed by atoms with van der Waals surface area (Å²) in [4.78, 5) is 40.4. The number of benzene rings is 1. The second kappa shape index (κ2) is 12.5. The number of carbonyl (C=O) groups excluding carboxylic acids is 2. The molecule has 40 heavy (non-hydrogen) atoms. The molecule has 1 aliphatic carbocycles. The van der Waals surface area contributed by atoms with Gasteiger partial charge >= 0.3 is 0 Å². The van der Waals surface area contributed by atoms with E-state index in [9.17, 15) is 9.59 Å². The molecule has 0 spiro atoms. The zero-order valence-corrected chi connectivity index (χ0v) is 24.3. The van der Waals surface area contributed by atoms with Crippen LogP contribution in [0.4, 0.5) is 17.3 Å². The number of nitrogens with two attached hydrogens (primary N) is 1. The zero-order chi connectivity index (χ0) is 28.2. The highest BCUT2D eigenvalue weighted by molar-refractivity contribution is 5.96. The molecule has 2 amide bonds. The quantitative estimate of drug-likeness (QED) is 0.500. The molecule has 1 aromatic carbocycles. The lowest BCUT2D eigenvalue weighted by molar-refractivity contribution is -0.130. The van der Waals surface area contributed by atoms with Crippen molar-refractivity contribution in [3.05, 3.63) is 41.7 Å². The van der Waals surface area contributed by atoms with Gasteiger partial charge in [0.25, 0.3) is 5.91 Å². The Morgan fingerprint density at radius 1 is 1.00 bits per heavy atom. The number of nitrogens with zero attached hydrogens (tertiary/aromatic N) is 5. The summed E-state index contributed by atoms with van der Waals surface area (Å²) in [5.41, 5.74) is 8.00. The lowest BCUT2D eigenvalue weighted by atomic mass is 9.87. The smallest absolute Gasteiger partial charge is 0.271 e. The largest absolute Gasteiger partial charge is 0.364 e.